The highest BCUT2D eigenvalue weighted by molar-refractivity contribution is 5.81. The summed E-state index contributed by atoms with van der Waals surface area (Å²) in [4.78, 5) is 18.1. The summed E-state index contributed by atoms with van der Waals surface area (Å²) in [6, 6.07) is 9.82. The summed E-state index contributed by atoms with van der Waals surface area (Å²) in [6.45, 7) is 5.25. The van der Waals surface area contributed by atoms with Gasteiger partial charge in [0.1, 0.15) is 0 Å². The minimum Gasteiger partial charge on any atom is -0.291 e. The van der Waals surface area contributed by atoms with Crippen molar-refractivity contribution in [1.82, 2.24) is 54.9 Å². The van der Waals surface area contributed by atoms with E-state index in [4.69, 9.17) is 0 Å². The number of nitrogens with one attached hydrogen (secondary N) is 1. The molecular weight excluding hydrogens is 470 g/mol. The first-order chi connectivity index (χ1) is 18.2. The van der Waals surface area contributed by atoms with E-state index in [9.17, 15) is 4.79 Å². The van der Waals surface area contributed by atoms with Crippen LogP contribution in [0.5, 0.6) is 0 Å². The normalized spacial score (nSPS) is 11.3. The van der Waals surface area contributed by atoms with E-state index >= 15 is 0 Å². The maximum Gasteiger partial charge on any atom is 0.335 e. The molecule has 0 fully saturated rings. The Kier molecular flexibility index (Phi) is 7.24. The molecule has 0 saturated heterocycles. The Morgan fingerprint density at radius 1 is 0.973 bits per heavy atom. The lowest BCUT2D eigenvalue weighted by molar-refractivity contribution is 0.540. The van der Waals surface area contributed by atoms with Gasteiger partial charge in [-0.15, -0.1) is 10.2 Å². The summed E-state index contributed by atoms with van der Waals surface area (Å²) in [5.41, 5.74) is 4.38. The molecule has 0 spiro atoms. The van der Waals surface area contributed by atoms with E-state index in [1.54, 1.807) is 26.2 Å². The van der Waals surface area contributed by atoms with Crippen LogP contribution >= 0.6 is 0 Å². The predicted octanol–water partition coefficient (Wildman–Crippen LogP) is 3.06. The van der Waals surface area contributed by atoms with Crippen molar-refractivity contribution < 1.29 is 0 Å². The number of H-pyrrole nitrogens is 1. The first-order valence-electron chi connectivity index (χ1n) is 12.5. The Morgan fingerprint density at radius 2 is 1.81 bits per heavy atom. The zero-order valence-corrected chi connectivity index (χ0v) is 20.9. The van der Waals surface area contributed by atoms with Crippen molar-refractivity contribution >= 4 is 0 Å². The molecule has 5 rings (SSSR count). The molecule has 4 aromatic heterocycles. The van der Waals surface area contributed by atoms with E-state index in [0.717, 1.165) is 60.1 Å². The third-order valence-electron chi connectivity index (χ3n) is 6.34. The molecule has 0 bridgehead atoms. The maximum absolute atomic E-state index is 13.7. The van der Waals surface area contributed by atoms with Gasteiger partial charge in [-0.1, -0.05) is 56.1 Å². The zero-order chi connectivity index (χ0) is 25.6. The summed E-state index contributed by atoms with van der Waals surface area (Å²) in [6.07, 6.45) is 10.1. The van der Waals surface area contributed by atoms with Gasteiger partial charge in [-0.05, 0) is 57.7 Å². The molecule has 4 heterocycles. The third kappa shape index (κ3) is 4.95. The first-order valence-corrected chi connectivity index (χ1v) is 12.5. The lowest BCUT2D eigenvalue weighted by atomic mass is 9.96. The second-order valence-electron chi connectivity index (χ2n) is 8.83. The van der Waals surface area contributed by atoms with Crippen LogP contribution in [-0.4, -0.2) is 54.9 Å². The Hall–Kier alpha value is -4.48. The standard InChI is InChI=1S/C25H29N11O/c1-3-5-9-19-17-35(24-29-32-33-36(24)14-6-4-2)25(37)34(19)16-18-15-26-13-12-20(18)21-10-7-8-11-22(21)23-27-30-31-28-23/h7-8,10-13,15,17H,3-6,9,14,16H2,1-2H3,(H,27,28,30,31). The molecule has 37 heavy (non-hydrogen) atoms. The molecule has 190 valence electrons. The number of nitrogens with zero attached hydrogens (tertiary/aromatic N) is 10. The Morgan fingerprint density at radius 3 is 2.59 bits per heavy atom. The topological polar surface area (TPSA) is 138 Å². The van der Waals surface area contributed by atoms with Gasteiger partial charge >= 0.3 is 5.69 Å². The fourth-order valence-corrected chi connectivity index (χ4v) is 4.40. The number of aryl methyl sites for hydroxylation is 2. The highest BCUT2D eigenvalue weighted by atomic mass is 16.2. The molecule has 0 radical (unpaired) electrons. The van der Waals surface area contributed by atoms with Crippen LogP contribution in [0.25, 0.3) is 28.5 Å². The molecule has 0 atom stereocenters. The first kappa shape index (κ1) is 24.2. The zero-order valence-electron chi connectivity index (χ0n) is 20.9. The number of imidazole rings is 1. The van der Waals surface area contributed by atoms with E-state index in [0.29, 0.717) is 24.9 Å². The van der Waals surface area contributed by atoms with Crippen LogP contribution in [0, 0.1) is 0 Å². The van der Waals surface area contributed by atoms with Crippen molar-refractivity contribution in [3.8, 4) is 28.5 Å². The fourth-order valence-electron chi connectivity index (χ4n) is 4.40. The van der Waals surface area contributed by atoms with Gasteiger partial charge in [0, 0.05) is 36.4 Å². The average molecular weight is 500 g/mol. The van der Waals surface area contributed by atoms with Crippen molar-refractivity contribution in [3.63, 3.8) is 0 Å². The molecule has 12 nitrogen and oxygen atoms in total. The van der Waals surface area contributed by atoms with Gasteiger partial charge in [0.15, 0.2) is 0 Å². The minimum absolute atomic E-state index is 0.181. The van der Waals surface area contributed by atoms with Gasteiger partial charge in [0.25, 0.3) is 5.95 Å². The van der Waals surface area contributed by atoms with Crippen molar-refractivity contribution in [2.75, 3.05) is 0 Å². The molecule has 0 saturated carbocycles. The van der Waals surface area contributed by atoms with Crippen LogP contribution < -0.4 is 5.69 Å². The summed E-state index contributed by atoms with van der Waals surface area (Å²) in [7, 11) is 0. The van der Waals surface area contributed by atoms with Crippen LogP contribution in [0.2, 0.25) is 0 Å². The number of rotatable bonds is 11. The minimum atomic E-state index is -0.181. The fraction of sp³-hybridized carbons (Fsp3) is 0.360. The Balaban J connectivity index is 1.58. The second kappa shape index (κ2) is 11.1. The summed E-state index contributed by atoms with van der Waals surface area (Å²) < 4.78 is 5.05. The van der Waals surface area contributed by atoms with Crippen LogP contribution in [-0.2, 0) is 19.5 Å². The van der Waals surface area contributed by atoms with Gasteiger partial charge in [-0.25, -0.2) is 14.0 Å². The number of aromatic nitrogens is 11. The number of hydrogen-bond donors (Lipinski definition) is 1. The molecule has 1 aromatic carbocycles. The van der Waals surface area contributed by atoms with E-state index < -0.39 is 0 Å². The van der Waals surface area contributed by atoms with E-state index in [-0.39, 0.29) is 5.69 Å². The number of tetrazole rings is 2. The molecule has 0 aliphatic carbocycles. The SMILES string of the molecule is CCCCc1cn(-c2nnnn2CCCC)c(=O)n1Cc1cnccc1-c1ccccc1-c1nn[nH]n1. The highest BCUT2D eigenvalue weighted by Gasteiger charge is 2.20. The van der Waals surface area contributed by atoms with Gasteiger partial charge in [-0.3, -0.25) is 9.55 Å². The van der Waals surface area contributed by atoms with Crippen LogP contribution in [0.1, 0.15) is 50.8 Å². The van der Waals surface area contributed by atoms with E-state index in [2.05, 4.69) is 55.0 Å². The van der Waals surface area contributed by atoms with Crippen LogP contribution in [0.3, 0.4) is 0 Å². The quantitative estimate of drug-likeness (QED) is 0.293. The number of aromatic amines is 1. The number of unbranched alkanes of at least 4 members (excludes halogenated alkanes) is 2. The van der Waals surface area contributed by atoms with Crippen molar-refractivity contribution in [1.29, 1.82) is 0 Å². The highest BCUT2D eigenvalue weighted by Crippen LogP contribution is 2.32. The van der Waals surface area contributed by atoms with Gasteiger partial charge in [-0.2, -0.15) is 5.21 Å². The largest absolute Gasteiger partial charge is 0.335 e. The van der Waals surface area contributed by atoms with Crippen molar-refractivity contribution in [2.24, 2.45) is 0 Å². The third-order valence-corrected chi connectivity index (χ3v) is 6.34. The molecule has 0 aliphatic rings. The maximum atomic E-state index is 13.7. The number of benzene rings is 1. The Labute approximate surface area is 213 Å². The average Bonchev–Trinajstić information content (AvgIpc) is 3.69. The second-order valence-corrected chi connectivity index (χ2v) is 8.83. The van der Waals surface area contributed by atoms with Crippen molar-refractivity contribution in [3.05, 3.63) is 70.7 Å². The molecular formula is C25H29N11O. The molecule has 12 heteroatoms. The monoisotopic (exact) mass is 499 g/mol. The lowest BCUT2D eigenvalue weighted by Gasteiger charge is -2.13. The van der Waals surface area contributed by atoms with E-state index in [1.165, 1.54) is 0 Å². The number of hydrogen-bond acceptors (Lipinski definition) is 8. The Bertz CT molecular complexity index is 1510. The number of pyridine rings is 1. The summed E-state index contributed by atoms with van der Waals surface area (Å²) >= 11 is 0. The smallest absolute Gasteiger partial charge is 0.291 e. The molecule has 0 unspecified atom stereocenters. The summed E-state index contributed by atoms with van der Waals surface area (Å²) in [5, 5.41) is 26.7. The van der Waals surface area contributed by atoms with Gasteiger partial charge in [0.2, 0.25) is 5.82 Å². The summed E-state index contributed by atoms with van der Waals surface area (Å²) in [5.74, 6) is 0.938. The lowest BCUT2D eigenvalue weighted by Crippen LogP contribution is -2.27. The predicted molar refractivity (Wildman–Crippen MR) is 137 cm³/mol. The van der Waals surface area contributed by atoms with Crippen LogP contribution in [0.4, 0.5) is 0 Å². The van der Waals surface area contributed by atoms with Crippen LogP contribution in [0.15, 0.2) is 53.7 Å². The molecule has 0 aliphatic heterocycles. The molecule has 5 aromatic rings. The molecule has 0 amide bonds. The van der Waals surface area contributed by atoms with Crippen molar-refractivity contribution in [2.45, 2.75) is 59.0 Å². The van der Waals surface area contributed by atoms with E-state index in [1.807, 2.05) is 36.5 Å². The van der Waals surface area contributed by atoms with Gasteiger partial charge < -0.3 is 0 Å². The molecule has 1 N–H and O–H groups in total. The van der Waals surface area contributed by atoms with Gasteiger partial charge in [0.05, 0.1) is 6.54 Å².